The van der Waals surface area contributed by atoms with Crippen LogP contribution in [0.4, 0.5) is 0 Å². The number of aromatic nitrogens is 1. The maximum Gasteiger partial charge on any atom is 0.271 e. The van der Waals surface area contributed by atoms with Crippen LogP contribution in [0.1, 0.15) is 48.2 Å². The molecule has 0 spiro atoms. The summed E-state index contributed by atoms with van der Waals surface area (Å²) < 4.78 is 0. The molecule has 0 saturated heterocycles. The van der Waals surface area contributed by atoms with Gasteiger partial charge in [0, 0.05) is 5.38 Å². The van der Waals surface area contributed by atoms with E-state index in [1.165, 1.54) is 11.3 Å². The van der Waals surface area contributed by atoms with Crippen molar-refractivity contribution in [2.45, 2.75) is 38.8 Å². The molecule has 5 heteroatoms. The molecule has 1 aromatic rings. The molecule has 17 heavy (non-hydrogen) atoms. The average Bonchev–Trinajstić information content (AvgIpc) is 2.77. The average molecular weight is 251 g/mol. The number of carbonyl (C=O) groups excluding carboxylic acids is 1. The van der Waals surface area contributed by atoms with Gasteiger partial charge in [-0.2, -0.15) is 0 Å². The van der Waals surface area contributed by atoms with Crippen LogP contribution in [-0.4, -0.2) is 16.9 Å². The molecule has 2 unspecified atom stereocenters. The summed E-state index contributed by atoms with van der Waals surface area (Å²) in [7, 11) is 0. The van der Waals surface area contributed by atoms with Gasteiger partial charge in [0.2, 0.25) is 0 Å². The summed E-state index contributed by atoms with van der Waals surface area (Å²) in [5.41, 5.74) is 6.07. The van der Waals surface area contributed by atoms with E-state index in [9.17, 15) is 4.79 Å². The van der Waals surface area contributed by atoms with Crippen LogP contribution in [-0.2, 0) is 0 Å². The van der Waals surface area contributed by atoms with Gasteiger partial charge in [-0.15, -0.1) is 17.8 Å². The largest absolute Gasteiger partial charge is 0.337 e. The third kappa shape index (κ3) is 3.84. The maximum atomic E-state index is 11.8. The fourth-order valence-electron chi connectivity index (χ4n) is 1.32. The van der Waals surface area contributed by atoms with Gasteiger partial charge in [0.1, 0.15) is 10.7 Å². The second kappa shape index (κ2) is 6.38. The summed E-state index contributed by atoms with van der Waals surface area (Å²) in [5.74, 6) is 2.32. The summed E-state index contributed by atoms with van der Waals surface area (Å²) in [6, 6.07) is -0.381. The fraction of sp³-hybridized carbons (Fsp3) is 0.500. The van der Waals surface area contributed by atoms with Crippen molar-refractivity contribution in [1.82, 2.24) is 10.3 Å². The Balaban J connectivity index is 2.66. The highest BCUT2D eigenvalue weighted by Crippen LogP contribution is 2.15. The second-order valence-electron chi connectivity index (χ2n) is 3.84. The van der Waals surface area contributed by atoms with Crippen LogP contribution in [0.25, 0.3) is 0 Å². The van der Waals surface area contributed by atoms with E-state index in [1.54, 1.807) is 5.38 Å². The summed E-state index contributed by atoms with van der Waals surface area (Å²) in [5, 5.41) is 5.22. The van der Waals surface area contributed by atoms with Crippen molar-refractivity contribution < 1.29 is 4.79 Å². The second-order valence-corrected chi connectivity index (χ2v) is 4.73. The Bertz CT molecular complexity index is 420. The lowest BCUT2D eigenvalue weighted by molar-refractivity contribution is 0.0940. The Morgan fingerprint density at radius 3 is 2.94 bits per heavy atom. The lowest BCUT2D eigenvalue weighted by atomic mass is 10.2. The summed E-state index contributed by atoms with van der Waals surface area (Å²) in [6.45, 7) is 3.86. The molecule has 1 rings (SSSR count). The highest BCUT2D eigenvalue weighted by molar-refractivity contribution is 7.09. The molecule has 2 atom stereocenters. The number of hydrogen-bond acceptors (Lipinski definition) is 4. The number of hydrogen-bond donors (Lipinski definition) is 2. The van der Waals surface area contributed by atoms with Gasteiger partial charge >= 0.3 is 0 Å². The molecule has 4 nitrogen and oxygen atoms in total. The number of nitrogens with two attached hydrogens (primary N) is 1. The first kappa shape index (κ1) is 13.7. The SMILES string of the molecule is C#CC(CCC)NC(=O)c1csc(C(C)N)n1. The minimum Gasteiger partial charge on any atom is -0.337 e. The van der Waals surface area contributed by atoms with E-state index in [0.29, 0.717) is 5.69 Å². The molecule has 0 fully saturated rings. The topological polar surface area (TPSA) is 68.0 Å². The Hall–Kier alpha value is -1.38. The molecule has 0 saturated carbocycles. The Kier molecular flexibility index (Phi) is 5.13. The summed E-state index contributed by atoms with van der Waals surface area (Å²) >= 11 is 1.39. The van der Waals surface area contributed by atoms with Crippen LogP contribution in [0.5, 0.6) is 0 Å². The molecular weight excluding hydrogens is 234 g/mol. The van der Waals surface area contributed by atoms with Crippen LogP contribution in [0.15, 0.2) is 5.38 Å². The lowest BCUT2D eigenvalue weighted by Crippen LogP contribution is -2.33. The van der Waals surface area contributed by atoms with E-state index in [4.69, 9.17) is 12.2 Å². The van der Waals surface area contributed by atoms with Crippen LogP contribution in [0.3, 0.4) is 0 Å². The van der Waals surface area contributed by atoms with E-state index < -0.39 is 0 Å². The Morgan fingerprint density at radius 1 is 1.76 bits per heavy atom. The molecule has 0 aliphatic rings. The van der Waals surface area contributed by atoms with Gasteiger partial charge in [0.25, 0.3) is 5.91 Å². The molecule has 0 aromatic carbocycles. The molecule has 0 radical (unpaired) electrons. The number of amides is 1. The summed E-state index contributed by atoms with van der Waals surface area (Å²) in [4.78, 5) is 16.0. The van der Waals surface area contributed by atoms with Crippen molar-refractivity contribution in [3.8, 4) is 12.3 Å². The van der Waals surface area contributed by atoms with Crippen molar-refractivity contribution in [3.63, 3.8) is 0 Å². The van der Waals surface area contributed by atoms with Gasteiger partial charge in [-0.1, -0.05) is 19.3 Å². The van der Waals surface area contributed by atoms with E-state index in [1.807, 2.05) is 13.8 Å². The Labute approximate surface area is 106 Å². The molecular formula is C12H17N3OS. The third-order valence-corrected chi connectivity index (χ3v) is 3.27. The summed E-state index contributed by atoms with van der Waals surface area (Å²) in [6.07, 6.45) is 7.03. The van der Waals surface area contributed by atoms with Gasteiger partial charge < -0.3 is 11.1 Å². The quantitative estimate of drug-likeness (QED) is 0.783. The minimum atomic E-state index is -0.232. The highest BCUT2D eigenvalue weighted by Gasteiger charge is 2.15. The predicted octanol–water partition coefficient (Wildman–Crippen LogP) is 1.69. The molecule has 1 aromatic heterocycles. The van der Waals surface area contributed by atoms with Crippen LogP contribution >= 0.6 is 11.3 Å². The van der Waals surface area contributed by atoms with Crippen molar-refractivity contribution in [2.24, 2.45) is 5.73 Å². The van der Waals surface area contributed by atoms with Crippen molar-refractivity contribution in [2.75, 3.05) is 0 Å². The highest BCUT2D eigenvalue weighted by atomic mass is 32.1. The zero-order valence-electron chi connectivity index (χ0n) is 10.1. The zero-order valence-corrected chi connectivity index (χ0v) is 10.9. The minimum absolute atomic E-state index is 0.152. The van der Waals surface area contributed by atoms with Crippen LogP contribution < -0.4 is 11.1 Å². The molecule has 92 valence electrons. The number of nitrogens with zero attached hydrogens (tertiary/aromatic N) is 1. The van der Waals surface area contributed by atoms with Crippen LogP contribution in [0.2, 0.25) is 0 Å². The van der Waals surface area contributed by atoms with Crippen molar-refractivity contribution in [1.29, 1.82) is 0 Å². The number of rotatable bonds is 5. The van der Waals surface area contributed by atoms with Gasteiger partial charge in [0.05, 0.1) is 12.1 Å². The van der Waals surface area contributed by atoms with Gasteiger partial charge in [-0.3, -0.25) is 4.79 Å². The molecule has 0 bridgehead atoms. The maximum absolute atomic E-state index is 11.8. The molecule has 0 aliphatic carbocycles. The monoisotopic (exact) mass is 251 g/mol. The van der Waals surface area contributed by atoms with Gasteiger partial charge in [-0.25, -0.2) is 4.98 Å². The number of terminal acetylenes is 1. The fourth-order valence-corrected chi connectivity index (χ4v) is 2.08. The van der Waals surface area contributed by atoms with E-state index in [-0.39, 0.29) is 18.0 Å². The normalized spacial score (nSPS) is 13.8. The standard InChI is InChI=1S/C12H17N3OS/c1-4-6-9(5-2)14-11(16)10-7-17-12(15-10)8(3)13/h2,7-9H,4,6,13H2,1,3H3,(H,14,16). The first-order chi connectivity index (χ1) is 8.08. The molecule has 1 amide bonds. The van der Waals surface area contributed by atoms with Crippen molar-refractivity contribution in [3.05, 3.63) is 16.1 Å². The number of carbonyl (C=O) groups is 1. The Morgan fingerprint density at radius 2 is 2.47 bits per heavy atom. The number of thiazole rings is 1. The van der Waals surface area contributed by atoms with Gasteiger partial charge in [-0.05, 0) is 13.3 Å². The lowest BCUT2D eigenvalue weighted by Gasteiger charge is -2.10. The van der Waals surface area contributed by atoms with Crippen LogP contribution in [0, 0.1) is 12.3 Å². The van der Waals surface area contributed by atoms with E-state index >= 15 is 0 Å². The van der Waals surface area contributed by atoms with Crippen molar-refractivity contribution >= 4 is 17.2 Å². The van der Waals surface area contributed by atoms with Gasteiger partial charge in [0.15, 0.2) is 0 Å². The predicted molar refractivity (Wildman–Crippen MR) is 69.7 cm³/mol. The first-order valence-corrected chi connectivity index (χ1v) is 6.44. The van der Waals surface area contributed by atoms with E-state index in [0.717, 1.165) is 17.8 Å². The molecule has 0 aliphatic heterocycles. The molecule has 3 N–H and O–H groups in total. The zero-order chi connectivity index (χ0) is 12.8. The first-order valence-electron chi connectivity index (χ1n) is 5.56. The molecule has 1 heterocycles. The van der Waals surface area contributed by atoms with E-state index in [2.05, 4.69) is 16.2 Å². The third-order valence-electron chi connectivity index (χ3n) is 2.23. The number of nitrogens with one attached hydrogen (secondary N) is 1. The smallest absolute Gasteiger partial charge is 0.271 e.